The van der Waals surface area contributed by atoms with Crippen LogP contribution in [0.2, 0.25) is 0 Å². The van der Waals surface area contributed by atoms with Crippen molar-refractivity contribution in [3.63, 3.8) is 0 Å². The van der Waals surface area contributed by atoms with E-state index in [0.29, 0.717) is 18.3 Å². The second kappa shape index (κ2) is 8.76. The lowest BCUT2D eigenvalue weighted by Gasteiger charge is -2.20. The van der Waals surface area contributed by atoms with Crippen molar-refractivity contribution in [2.75, 3.05) is 18.9 Å². The number of hydrogen-bond donors (Lipinski definition) is 1. The Morgan fingerprint density at radius 1 is 1.12 bits per heavy atom. The minimum atomic E-state index is -1.09. The van der Waals surface area contributed by atoms with Crippen LogP contribution in [-0.4, -0.2) is 34.7 Å². The topological polar surface area (TPSA) is 49.4 Å². The second-order valence-electron chi connectivity index (χ2n) is 6.06. The van der Waals surface area contributed by atoms with Gasteiger partial charge >= 0.3 is 0 Å². The van der Waals surface area contributed by atoms with Crippen molar-refractivity contribution in [3.8, 4) is 0 Å². The van der Waals surface area contributed by atoms with E-state index < -0.39 is 10.8 Å². The smallest absolute Gasteiger partial charge is 0.238 e. The van der Waals surface area contributed by atoms with E-state index in [0.717, 1.165) is 16.1 Å². The van der Waals surface area contributed by atoms with Gasteiger partial charge in [0.05, 0.1) is 23.1 Å². The molecular formula is C19H24N2O2S. The largest absolute Gasteiger partial charge is 0.325 e. The van der Waals surface area contributed by atoms with Crippen molar-refractivity contribution in [1.29, 1.82) is 0 Å². The Labute approximate surface area is 146 Å². The van der Waals surface area contributed by atoms with Gasteiger partial charge in [0.2, 0.25) is 5.91 Å². The highest BCUT2D eigenvalue weighted by Gasteiger charge is 2.10. The van der Waals surface area contributed by atoms with Crippen LogP contribution >= 0.6 is 0 Å². The molecule has 128 valence electrons. The Hall–Kier alpha value is -1.98. The summed E-state index contributed by atoms with van der Waals surface area (Å²) in [4.78, 5) is 14.9. The van der Waals surface area contributed by atoms with Gasteiger partial charge in [-0.2, -0.15) is 0 Å². The summed E-state index contributed by atoms with van der Waals surface area (Å²) in [5.41, 5.74) is 1.67. The molecule has 4 nitrogen and oxygen atoms in total. The predicted molar refractivity (Wildman–Crippen MR) is 99.4 cm³/mol. The summed E-state index contributed by atoms with van der Waals surface area (Å²) in [6.45, 7) is 4.44. The highest BCUT2D eigenvalue weighted by atomic mass is 32.2. The molecule has 0 bridgehead atoms. The van der Waals surface area contributed by atoms with Crippen molar-refractivity contribution in [3.05, 3.63) is 60.2 Å². The summed E-state index contributed by atoms with van der Waals surface area (Å²) in [7, 11) is 0.829. The molecule has 0 fully saturated rings. The van der Waals surface area contributed by atoms with Crippen LogP contribution in [0.25, 0.3) is 0 Å². The molecule has 0 aliphatic carbocycles. The molecular weight excluding hydrogens is 320 g/mol. The van der Waals surface area contributed by atoms with Crippen LogP contribution in [0.15, 0.2) is 59.5 Å². The number of carbonyl (C=O) groups excluding carboxylic acids is 1. The molecule has 2 rings (SSSR count). The summed E-state index contributed by atoms with van der Waals surface area (Å²) in [6, 6.07) is 17.3. The van der Waals surface area contributed by atoms with Gasteiger partial charge < -0.3 is 5.32 Å². The predicted octanol–water partition coefficient (Wildman–Crippen LogP) is 3.27. The third-order valence-electron chi connectivity index (χ3n) is 3.79. The number of carbonyl (C=O) groups is 1. The molecule has 0 heterocycles. The zero-order chi connectivity index (χ0) is 17.5. The molecule has 0 spiro atoms. The summed E-state index contributed by atoms with van der Waals surface area (Å²) < 4.78 is 12.4. The van der Waals surface area contributed by atoms with E-state index in [4.69, 9.17) is 0 Å². The third kappa shape index (κ3) is 5.58. The maximum atomic E-state index is 12.4. The van der Waals surface area contributed by atoms with E-state index in [1.807, 2.05) is 80.4 Å². The monoisotopic (exact) mass is 344 g/mol. The molecule has 0 aliphatic rings. The maximum absolute atomic E-state index is 12.4. The van der Waals surface area contributed by atoms with Crippen molar-refractivity contribution < 1.29 is 9.00 Å². The van der Waals surface area contributed by atoms with Crippen molar-refractivity contribution in [2.45, 2.75) is 30.5 Å². The summed E-state index contributed by atoms with van der Waals surface area (Å²) in [5.74, 6) is 0.382. The van der Waals surface area contributed by atoms with Crippen LogP contribution in [-0.2, 0) is 21.3 Å². The molecule has 0 unspecified atom stereocenters. The number of anilines is 1. The van der Waals surface area contributed by atoms with E-state index >= 15 is 0 Å². The number of nitrogens with zero attached hydrogens (tertiary/aromatic N) is 1. The highest BCUT2D eigenvalue weighted by molar-refractivity contribution is 7.84. The first kappa shape index (κ1) is 18.4. The number of nitrogens with one attached hydrogen (secondary N) is 1. The first-order valence-electron chi connectivity index (χ1n) is 7.98. The minimum Gasteiger partial charge on any atom is -0.325 e. The Balaban J connectivity index is 1.99. The Morgan fingerprint density at radius 2 is 1.83 bits per heavy atom. The zero-order valence-corrected chi connectivity index (χ0v) is 15.2. The van der Waals surface area contributed by atoms with Gasteiger partial charge in [0.25, 0.3) is 0 Å². The third-order valence-corrected chi connectivity index (χ3v) is 5.18. The van der Waals surface area contributed by atoms with Gasteiger partial charge in [-0.15, -0.1) is 0 Å². The minimum absolute atomic E-state index is 0.0486. The molecule has 1 amide bonds. The zero-order valence-electron chi connectivity index (χ0n) is 14.4. The fraction of sp³-hybridized carbons (Fsp3) is 0.316. The molecule has 2 aromatic rings. The van der Waals surface area contributed by atoms with Gasteiger partial charge in [0.15, 0.2) is 0 Å². The fourth-order valence-electron chi connectivity index (χ4n) is 2.16. The van der Waals surface area contributed by atoms with Crippen LogP contribution in [0.4, 0.5) is 5.69 Å². The summed E-state index contributed by atoms with van der Waals surface area (Å²) in [5, 5.41) is 2.90. The van der Waals surface area contributed by atoms with Crippen molar-refractivity contribution >= 4 is 22.4 Å². The first-order chi connectivity index (χ1) is 11.5. The Morgan fingerprint density at radius 3 is 2.50 bits per heavy atom. The van der Waals surface area contributed by atoms with Gasteiger partial charge in [-0.1, -0.05) is 30.3 Å². The molecule has 24 heavy (non-hydrogen) atoms. The van der Waals surface area contributed by atoms with E-state index in [-0.39, 0.29) is 5.91 Å². The van der Waals surface area contributed by atoms with E-state index in [9.17, 15) is 9.00 Å². The van der Waals surface area contributed by atoms with E-state index in [2.05, 4.69) is 5.32 Å². The molecule has 0 saturated carbocycles. The van der Waals surface area contributed by atoms with Crippen LogP contribution in [0.3, 0.4) is 0 Å². The molecule has 1 atom stereocenters. The number of likely N-dealkylation sites (N-methyl/N-ethyl adjacent to an activating group) is 1. The molecule has 0 aromatic heterocycles. The van der Waals surface area contributed by atoms with Crippen LogP contribution < -0.4 is 5.32 Å². The highest BCUT2D eigenvalue weighted by Crippen LogP contribution is 2.16. The Bertz CT molecular complexity index is 702. The van der Waals surface area contributed by atoms with Crippen molar-refractivity contribution in [1.82, 2.24) is 4.90 Å². The average Bonchev–Trinajstić information content (AvgIpc) is 2.55. The van der Waals surface area contributed by atoms with Gasteiger partial charge in [-0.05, 0) is 50.7 Å². The van der Waals surface area contributed by atoms with Gasteiger partial charge in [0.1, 0.15) is 0 Å². The molecule has 2 aromatic carbocycles. The summed E-state index contributed by atoms with van der Waals surface area (Å²) >= 11 is 0. The normalized spacial score (nSPS) is 12.4. The van der Waals surface area contributed by atoms with Crippen LogP contribution in [0.5, 0.6) is 0 Å². The lowest BCUT2D eigenvalue weighted by atomic mass is 10.2. The van der Waals surface area contributed by atoms with Crippen LogP contribution in [0.1, 0.15) is 19.4 Å². The van der Waals surface area contributed by atoms with Crippen LogP contribution in [0, 0.1) is 0 Å². The maximum Gasteiger partial charge on any atom is 0.238 e. The lowest BCUT2D eigenvalue weighted by Crippen LogP contribution is -2.34. The fourth-order valence-corrected chi connectivity index (χ4v) is 3.27. The quantitative estimate of drug-likeness (QED) is 0.839. The molecule has 0 saturated heterocycles. The molecule has 5 heteroatoms. The standard InChI is InChI=1S/C19H24N2O2S/c1-15(2)21(3)13-19(22)20-17-9-7-8-16(12-17)14-24(23)18-10-5-4-6-11-18/h4-12,15H,13-14H2,1-3H3,(H,20,22)/t24-/m1/s1. The summed E-state index contributed by atoms with van der Waals surface area (Å²) in [6.07, 6.45) is 0. The first-order valence-corrected chi connectivity index (χ1v) is 9.30. The number of hydrogen-bond acceptors (Lipinski definition) is 3. The van der Waals surface area contributed by atoms with Gasteiger partial charge in [0, 0.05) is 16.6 Å². The average molecular weight is 344 g/mol. The number of benzene rings is 2. The van der Waals surface area contributed by atoms with E-state index in [1.165, 1.54) is 0 Å². The van der Waals surface area contributed by atoms with Crippen molar-refractivity contribution in [2.24, 2.45) is 0 Å². The molecule has 0 radical (unpaired) electrons. The molecule has 0 aliphatic heterocycles. The Kier molecular flexibility index (Phi) is 6.70. The van der Waals surface area contributed by atoms with Gasteiger partial charge in [-0.3, -0.25) is 13.9 Å². The second-order valence-corrected chi connectivity index (χ2v) is 7.51. The van der Waals surface area contributed by atoms with Gasteiger partial charge in [-0.25, -0.2) is 0 Å². The number of rotatable bonds is 7. The number of amides is 1. The lowest BCUT2D eigenvalue weighted by molar-refractivity contribution is -0.117. The van der Waals surface area contributed by atoms with E-state index in [1.54, 1.807) is 0 Å². The molecule has 1 N–H and O–H groups in total. The SMILES string of the molecule is CC(C)N(C)CC(=O)Nc1cccc(C[S@@](=O)c2ccccc2)c1.